The van der Waals surface area contributed by atoms with Gasteiger partial charge in [-0.3, -0.25) is 0 Å². The summed E-state index contributed by atoms with van der Waals surface area (Å²) in [5.74, 6) is 2.50. The van der Waals surface area contributed by atoms with Gasteiger partial charge < -0.3 is 24.6 Å². The van der Waals surface area contributed by atoms with Gasteiger partial charge in [-0.15, -0.1) is 0 Å². The van der Waals surface area contributed by atoms with Crippen LogP contribution in [0, 0.1) is 0 Å². The molecule has 0 fully saturated rings. The van der Waals surface area contributed by atoms with Crippen LogP contribution in [0.25, 0.3) is 0 Å². The highest BCUT2D eigenvalue weighted by Gasteiger charge is 2.22. The van der Waals surface area contributed by atoms with E-state index in [1.807, 2.05) is 24.3 Å². The van der Waals surface area contributed by atoms with Crippen molar-refractivity contribution in [2.24, 2.45) is 0 Å². The SMILES string of the molecule is COc1cccc(O)c1CN[C@H]1COc2c(cccc2OC)C1. The van der Waals surface area contributed by atoms with Crippen molar-refractivity contribution in [1.29, 1.82) is 0 Å². The topological polar surface area (TPSA) is 60.0 Å². The van der Waals surface area contributed by atoms with Crippen molar-refractivity contribution in [2.45, 2.75) is 19.0 Å². The maximum absolute atomic E-state index is 10.0. The maximum atomic E-state index is 10.0. The average Bonchev–Trinajstić information content (AvgIpc) is 2.59. The van der Waals surface area contributed by atoms with E-state index in [-0.39, 0.29) is 11.8 Å². The minimum atomic E-state index is 0.166. The molecule has 0 amide bonds. The van der Waals surface area contributed by atoms with Crippen molar-refractivity contribution in [3.63, 3.8) is 0 Å². The van der Waals surface area contributed by atoms with E-state index in [9.17, 15) is 5.11 Å². The second-order valence-corrected chi connectivity index (χ2v) is 5.50. The van der Waals surface area contributed by atoms with Crippen LogP contribution in [0.3, 0.4) is 0 Å². The maximum Gasteiger partial charge on any atom is 0.164 e. The molecule has 2 aromatic rings. The molecule has 2 aromatic carbocycles. The summed E-state index contributed by atoms with van der Waals surface area (Å²) in [6.07, 6.45) is 0.850. The van der Waals surface area contributed by atoms with Crippen LogP contribution in [0.15, 0.2) is 36.4 Å². The Balaban J connectivity index is 1.69. The van der Waals surface area contributed by atoms with E-state index in [1.54, 1.807) is 26.4 Å². The van der Waals surface area contributed by atoms with Gasteiger partial charge in [0.2, 0.25) is 0 Å². The fraction of sp³-hybridized carbons (Fsp3) is 0.333. The number of para-hydroxylation sites is 1. The number of ether oxygens (including phenoxy) is 3. The number of hydrogen-bond acceptors (Lipinski definition) is 5. The van der Waals surface area contributed by atoms with Crippen LogP contribution in [0.1, 0.15) is 11.1 Å². The predicted molar refractivity (Wildman–Crippen MR) is 87.5 cm³/mol. The molecule has 0 bridgehead atoms. The number of fused-ring (bicyclic) bond motifs is 1. The number of rotatable bonds is 5. The third kappa shape index (κ3) is 3.19. The zero-order valence-electron chi connectivity index (χ0n) is 13.3. The number of nitrogens with one attached hydrogen (secondary N) is 1. The minimum Gasteiger partial charge on any atom is -0.507 e. The van der Waals surface area contributed by atoms with Crippen LogP contribution >= 0.6 is 0 Å². The van der Waals surface area contributed by atoms with E-state index in [1.165, 1.54) is 0 Å². The average molecular weight is 315 g/mol. The number of phenols is 1. The van der Waals surface area contributed by atoms with Crippen LogP contribution < -0.4 is 19.5 Å². The van der Waals surface area contributed by atoms with Crippen LogP contribution in [0.2, 0.25) is 0 Å². The van der Waals surface area contributed by atoms with E-state index in [4.69, 9.17) is 14.2 Å². The van der Waals surface area contributed by atoms with Crippen LogP contribution in [-0.4, -0.2) is 32.0 Å². The second kappa shape index (κ2) is 6.79. The van der Waals surface area contributed by atoms with Gasteiger partial charge in [-0.2, -0.15) is 0 Å². The molecule has 1 aliphatic rings. The molecule has 1 aliphatic heterocycles. The lowest BCUT2D eigenvalue weighted by Crippen LogP contribution is -2.39. The molecule has 1 heterocycles. The van der Waals surface area contributed by atoms with Gasteiger partial charge in [-0.05, 0) is 30.2 Å². The Kier molecular flexibility index (Phi) is 4.57. The van der Waals surface area contributed by atoms with Crippen molar-refractivity contribution < 1.29 is 19.3 Å². The molecule has 0 aliphatic carbocycles. The van der Waals surface area contributed by atoms with Crippen molar-refractivity contribution >= 4 is 0 Å². The Hall–Kier alpha value is -2.40. The summed E-state index contributed by atoms with van der Waals surface area (Å²) < 4.78 is 16.5. The number of benzene rings is 2. The summed E-state index contributed by atoms with van der Waals surface area (Å²) in [5.41, 5.74) is 1.88. The number of hydrogen-bond donors (Lipinski definition) is 2. The highest BCUT2D eigenvalue weighted by Crippen LogP contribution is 2.35. The molecule has 5 nitrogen and oxygen atoms in total. The molecule has 3 rings (SSSR count). The Morgan fingerprint density at radius 2 is 1.87 bits per heavy atom. The standard InChI is InChI=1S/C18H21NO4/c1-21-16-7-4-6-15(20)14(16)10-19-13-9-12-5-3-8-17(22-2)18(12)23-11-13/h3-8,13,19-20H,9-11H2,1-2H3/t13-/m1/s1. The molecule has 23 heavy (non-hydrogen) atoms. The minimum absolute atomic E-state index is 0.166. The molecule has 0 saturated heterocycles. The Labute approximate surface area is 135 Å². The summed E-state index contributed by atoms with van der Waals surface area (Å²) in [5, 5.41) is 13.4. The molecule has 0 unspecified atom stereocenters. The van der Waals surface area contributed by atoms with Gasteiger partial charge in [0, 0.05) is 18.2 Å². The zero-order valence-corrected chi connectivity index (χ0v) is 13.3. The molecule has 0 saturated carbocycles. The van der Waals surface area contributed by atoms with E-state index in [0.717, 1.165) is 29.0 Å². The molecule has 0 spiro atoms. The lowest BCUT2D eigenvalue weighted by molar-refractivity contribution is 0.226. The highest BCUT2D eigenvalue weighted by molar-refractivity contribution is 5.48. The monoisotopic (exact) mass is 315 g/mol. The fourth-order valence-corrected chi connectivity index (χ4v) is 2.86. The van der Waals surface area contributed by atoms with E-state index in [0.29, 0.717) is 18.9 Å². The molecule has 2 N–H and O–H groups in total. The van der Waals surface area contributed by atoms with Gasteiger partial charge >= 0.3 is 0 Å². The van der Waals surface area contributed by atoms with Crippen LogP contribution in [-0.2, 0) is 13.0 Å². The number of aromatic hydroxyl groups is 1. The molecular weight excluding hydrogens is 294 g/mol. The second-order valence-electron chi connectivity index (χ2n) is 5.50. The molecule has 0 aromatic heterocycles. The van der Waals surface area contributed by atoms with Gasteiger partial charge in [-0.25, -0.2) is 0 Å². The zero-order chi connectivity index (χ0) is 16.2. The normalized spacial score (nSPS) is 16.3. The molecule has 5 heteroatoms. The van der Waals surface area contributed by atoms with Gasteiger partial charge in [0.05, 0.1) is 14.2 Å². The lowest BCUT2D eigenvalue weighted by atomic mass is 10.0. The first-order valence-electron chi connectivity index (χ1n) is 7.60. The van der Waals surface area contributed by atoms with E-state index < -0.39 is 0 Å². The first kappa shape index (κ1) is 15.5. The van der Waals surface area contributed by atoms with Crippen LogP contribution in [0.5, 0.6) is 23.0 Å². The van der Waals surface area contributed by atoms with Crippen molar-refractivity contribution in [3.05, 3.63) is 47.5 Å². The third-order valence-corrected chi connectivity index (χ3v) is 4.07. The fourth-order valence-electron chi connectivity index (χ4n) is 2.86. The first-order valence-corrected chi connectivity index (χ1v) is 7.60. The summed E-state index contributed by atoms with van der Waals surface area (Å²) in [6, 6.07) is 11.4. The summed E-state index contributed by atoms with van der Waals surface area (Å²) in [7, 11) is 3.25. The van der Waals surface area contributed by atoms with Gasteiger partial charge in [0.15, 0.2) is 11.5 Å². The first-order chi connectivity index (χ1) is 11.2. The predicted octanol–water partition coefficient (Wildman–Crippen LogP) is 2.50. The highest BCUT2D eigenvalue weighted by atomic mass is 16.5. The number of methoxy groups -OCH3 is 2. The Bertz CT molecular complexity index is 687. The largest absolute Gasteiger partial charge is 0.507 e. The van der Waals surface area contributed by atoms with Gasteiger partial charge in [0.1, 0.15) is 18.1 Å². The molecule has 1 atom stereocenters. The molecule has 122 valence electrons. The molecule has 0 radical (unpaired) electrons. The van der Waals surface area contributed by atoms with Crippen molar-refractivity contribution in [1.82, 2.24) is 5.32 Å². The van der Waals surface area contributed by atoms with E-state index >= 15 is 0 Å². The van der Waals surface area contributed by atoms with Crippen LogP contribution in [0.4, 0.5) is 0 Å². The summed E-state index contributed by atoms with van der Waals surface area (Å²) >= 11 is 0. The molecular formula is C18H21NO4. The summed E-state index contributed by atoms with van der Waals surface area (Å²) in [4.78, 5) is 0. The summed E-state index contributed by atoms with van der Waals surface area (Å²) in [6.45, 7) is 1.08. The van der Waals surface area contributed by atoms with Crippen molar-refractivity contribution in [2.75, 3.05) is 20.8 Å². The smallest absolute Gasteiger partial charge is 0.164 e. The third-order valence-electron chi connectivity index (χ3n) is 4.07. The van der Waals surface area contributed by atoms with Gasteiger partial charge in [0.25, 0.3) is 0 Å². The van der Waals surface area contributed by atoms with Crippen molar-refractivity contribution in [3.8, 4) is 23.0 Å². The van der Waals surface area contributed by atoms with Gasteiger partial charge in [-0.1, -0.05) is 18.2 Å². The van der Waals surface area contributed by atoms with E-state index in [2.05, 4.69) is 5.32 Å². The Morgan fingerprint density at radius 1 is 1.13 bits per heavy atom. The number of phenolic OH excluding ortho intramolecular Hbond substituents is 1. The quantitative estimate of drug-likeness (QED) is 0.888. The lowest BCUT2D eigenvalue weighted by Gasteiger charge is -2.27. The Morgan fingerprint density at radius 3 is 2.65 bits per heavy atom.